The molecule has 0 spiro atoms. The van der Waals surface area contributed by atoms with Crippen molar-refractivity contribution in [3.8, 4) is 0 Å². The molecule has 1 aromatic heterocycles. The van der Waals surface area contributed by atoms with Gasteiger partial charge in [-0.25, -0.2) is 5.90 Å². The number of aryl methyl sites for hydroxylation is 1. The fraction of sp³-hybridized carbons (Fsp3) is 0.625. The van der Waals surface area contributed by atoms with Gasteiger partial charge >= 0.3 is 0 Å². The Labute approximate surface area is 70.6 Å². The molecule has 1 aliphatic rings. The van der Waals surface area contributed by atoms with E-state index in [1.807, 2.05) is 13.0 Å². The van der Waals surface area contributed by atoms with Gasteiger partial charge in [-0.2, -0.15) is 0 Å². The summed E-state index contributed by atoms with van der Waals surface area (Å²) in [7, 11) is 0. The van der Waals surface area contributed by atoms with E-state index >= 15 is 0 Å². The van der Waals surface area contributed by atoms with E-state index in [0.717, 1.165) is 24.3 Å². The van der Waals surface area contributed by atoms with Crippen LogP contribution >= 0.6 is 0 Å². The van der Waals surface area contributed by atoms with Crippen LogP contribution in [0.5, 0.6) is 0 Å². The van der Waals surface area contributed by atoms with Crippen molar-refractivity contribution in [2.45, 2.75) is 25.2 Å². The highest BCUT2D eigenvalue weighted by molar-refractivity contribution is 5.24. The van der Waals surface area contributed by atoms with Crippen molar-refractivity contribution in [2.24, 2.45) is 5.90 Å². The van der Waals surface area contributed by atoms with Crippen molar-refractivity contribution < 1.29 is 9.36 Å². The monoisotopic (exact) mass is 168 g/mol. The molecule has 0 unspecified atom stereocenters. The van der Waals surface area contributed by atoms with Gasteiger partial charge in [0.1, 0.15) is 5.76 Å². The van der Waals surface area contributed by atoms with Gasteiger partial charge in [-0.15, -0.1) is 0 Å². The van der Waals surface area contributed by atoms with E-state index in [-0.39, 0.29) is 5.41 Å². The van der Waals surface area contributed by atoms with Crippen molar-refractivity contribution in [3.63, 3.8) is 0 Å². The van der Waals surface area contributed by atoms with Gasteiger partial charge in [0.2, 0.25) is 0 Å². The first-order valence-electron chi connectivity index (χ1n) is 4.02. The van der Waals surface area contributed by atoms with Gasteiger partial charge in [-0.1, -0.05) is 5.16 Å². The van der Waals surface area contributed by atoms with Crippen molar-refractivity contribution in [1.29, 1.82) is 0 Å². The summed E-state index contributed by atoms with van der Waals surface area (Å²) in [5.74, 6) is 5.88. The van der Waals surface area contributed by atoms with Gasteiger partial charge in [0, 0.05) is 11.5 Å². The largest absolute Gasteiger partial charge is 0.361 e. The zero-order valence-corrected chi connectivity index (χ0v) is 7.04. The van der Waals surface area contributed by atoms with Gasteiger partial charge in [-0.05, 0) is 19.8 Å². The lowest BCUT2D eigenvalue weighted by Gasteiger charge is -2.07. The number of rotatable bonds is 3. The number of hydrogen-bond acceptors (Lipinski definition) is 4. The van der Waals surface area contributed by atoms with Gasteiger partial charge in [0.25, 0.3) is 0 Å². The number of hydrogen-bond donors (Lipinski definition) is 1. The van der Waals surface area contributed by atoms with Gasteiger partial charge in [-0.3, -0.25) is 0 Å². The third kappa shape index (κ3) is 1.13. The smallest absolute Gasteiger partial charge is 0.133 e. The highest BCUT2D eigenvalue weighted by Crippen LogP contribution is 2.47. The molecule has 1 aromatic rings. The molecular weight excluding hydrogens is 156 g/mol. The second-order valence-electron chi connectivity index (χ2n) is 3.41. The normalized spacial score (nSPS) is 19.5. The molecule has 0 atom stereocenters. The summed E-state index contributed by atoms with van der Waals surface area (Å²) in [4.78, 5) is 4.65. The van der Waals surface area contributed by atoms with Crippen LogP contribution in [0.1, 0.15) is 24.3 Å². The second-order valence-corrected chi connectivity index (χ2v) is 3.41. The maximum absolute atomic E-state index is 5.04. The van der Waals surface area contributed by atoms with Gasteiger partial charge < -0.3 is 9.36 Å². The summed E-state index contributed by atoms with van der Waals surface area (Å²) >= 11 is 0. The first kappa shape index (κ1) is 7.76. The fourth-order valence-electron chi connectivity index (χ4n) is 1.40. The average molecular weight is 168 g/mol. The van der Waals surface area contributed by atoms with Crippen LogP contribution in [0.25, 0.3) is 0 Å². The van der Waals surface area contributed by atoms with Crippen LogP contribution in [0, 0.1) is 6.92 Å². The molecule has 2 rings (SSSR count). The predicted octanol–water partition coefficient (Wildman–Crippen LogP) is 0.905. The molecule has 0 bridgehead atoms. The molecule has 0 aliphatic heterocycles. The van der Waals surface area contributed by atoms with E-state index in [2.05, 4.69) is 9.99 Å². The van der Waals surface area contributed by atoms with Crippen LogP contribution in [0.3, 0.4) is 0 Å². The van der Waals surface area contributed by atoms with Crippen LogP contribution in [0.15, 0.2) is 10.6 Å². The standard InChI is InChI=1S/C8H12N2O2/c1-6-4-7(10-12-6)8(2-3-8)5-11-9/h4H,2-3,5,9H2,1H3. The summed E-state index contributed by atoms with van der Waals surface area (Å²) < 4.78 is 4.99. The van der Waals surface area contributed by atoms with Crippen LogP contribution in [0.2, 0.25) is 0 Å². The highest BCUT2D eigenvalue weighted by atomic mass is 16.6. The average Bonchev–Trinajstić information content (AvgIpc) is 2.69. The molecule has 4 heteroatoms. The molecule has 0 radical (unpaired) electrons. The van der Waals surface area contributed by atoms with Crippen molar-refractivity contribution >= 4 is 0 Å². The molecule has 66 valence electrons. The quantitative estimate of drug-likeness (QED) is 0.681. The van der Waals surface area contributed by atoms with Crippen LogP contribution < -0.4 is 5.90 Å². The van der Waals surface area contributed by atoms with Crippen LogP contribution in [-0.4, -0.2) is 11.8 Å². The lowest BCUT2D eigenvalue weighted by atomic mass is 10.0. The van der Waals surface area contributed by atoms with Crippen LogP contribution in [0.4, 0.5) is 0 Å². The van der Waals surface area contributed by atoms with E-state index < -0.39 is 0 Å². The third-order valence-electron chi connectivity index (χ3n) is 2.38. The first-order valence-corrected chi connectivity index (χ1v) is 4.02. The summed E-state index contributed by atoms with van der Waals surface area (Å²) in [5, 5.41) is 3.96. The molecule has 12 heavy (non-hydrogen) atoms. The third-order valence-corrected chi connectivity index (χ3v) is 2.38. The van der Waals surface area contributed by atoms with Gasteiger partial charge in [0.15, 0.2) is 0 Å². The zero-order chi connectivity index (χ0) is 8.60. The lowest BCUT2D eigenvalue weighted by molar-refractivity contribution is 0.114. The van der Waals surface area contributed by atoms with E-state index in [9.17, 15) is 0 Å². The van der Waals surface area contributed by atoms with E-state index in [1.165, 1.54) is 0 Å². The van der Waals surface area contributed by atoms with Crippen molar-refractivity contribution in [2.75, 3.05) is 6.61 Å². The molecule has 1 aliphatic carbocycles. The highest BCUT2D eigenvalue weighted by Gasteiger charge is 2.47. The van der Waals surface area contributed by atoms with Crippen molar-refractivity contribution in [1.82, 2.24) is 5.16 Å². The van der Waals surface area contributed by atoms with Crippen molar-refractivity contribution in [3.05, 3.63) is 17.5 Å². The van der Waals surface area contributed by atoms with Crippen LogP contribution in [-0.2, 0) is 10.3 Å². The molecular formula is C8H12N2O2. The minimum absolute atomic E-state index is 0.0620. The second kappa shape index (κ2) is 2.57. The van der Waals surface area contributed by atoms with Gasteiger partial charge in [0.05, 0.1) is 12.3 Å². The Morgan fingerprint density at radius 2 is 2.50 bits per heavy atom. The molecule has 2 N–H and O–H groups in total. The Kier molecular flexibility index (Phi) is 1.66. The summed E-state index contributed by atoms with van der Waals surface area (Å²) in [6.45, 7) is 2.43. The minimum Gasteiger partial charge on any atom is -0.361 e. The Morgan fingerprint density at radius 3 is 2.92 bits per heavy atom. The summed E-state index contributed by atoms with van der Waals surface area (Å²) in [6, 6.07) is 1.95. The molecule has 0 saturated heterocycles. The van der Waals surface area contributed by atoms with E-state index in [4.69, 9.17) is 10.4 Å². The molecule has 0 aromatic carbocycles. The number of nitrogens with two attached hydrogens (primary N) is 1. The Balaban J connectivity index is 2.18. The summed E-state index contributed by atoms with van der Waals surface area (Å²) in [5.41, 5.74) is 1.04. The Morgan fingerprint density at radius 1 is 1.75 bits per heavy atom. The molecule has 1 heterocycles. The lowest BCUT2D eigenvalue weighted by Crippen LogP contribution is -2.18. The molecule has 0 amide bonds. The number of nitrogens with zero attached hydrogens (tertiary/aromatic N) is 1. The Bertz CT molecular complexity index is 278. The SMILES string of the molecule is Cc1cc(C2(CON)CC2)no1. The van der Waals surface area contributed by atoms with E-state index in [1.54, 1.807) is 0 Å². The minimum atomic E-state index is 0.0620. The fourth-order valence-corrected chi connectivity index (χ4v) is 1.40. The maximum Gasteiger partial charge on any atom is 0.133 e. The summed E-state index contributed by atoms with van der Waals surface area (Å²) in [6.07, 6.45) is 2.19. The zero-order valence-electron chi connectivity index (χ0n) is 7.04. The first-order chi connectivity index (χ1) is 5.77. The van der Waals surface area contributed by atoms with E-state index in [0.29, 0.717) is 6.61 Å². The maximum atomic E-state index is 5.04. The molecule has 1 saturated carbocycles. The number of aromatic nitrogens is 1. The molecule has 4 nitrogen and oxygen atoms in total. The molecule has 1 fully saturated rings. The Hall–Kier alpha value is -0.870. The topological polar surface area (TPSA) is 61.3 Å². The predicted molar refractivity (Wildman–Crippen MR) is 42.3 cm³/mol.